The molecule has 2 heterocycles. The molecule has 1 aliphatic heterocycles. The maximum absolute atomic E-state index is 12.2. The van der Waals surface area contributed by atoms with Crippen LogP contribution in [0, 0.1) is 13.8 Å². The molecule has 134 valence electrons. The molecule has 1 amide bonds. The molecular weight excluding hydrogens is 312 g/mol. The predicted molar refractivity (Wildman–Crippen MR) is 101 cm³/mol. The van der Waals surface area contributed by atoms with E-state index in [0.717, 1.165) is 56.1 Å². The van der Waals surface area contributed by atoms with Crippen LogP contribution in [0.5, 0.6) is 0 Å². The number of carbonyl (C=O) groups excluding carboxylic acids is 1. The van der Waals surface area contributed by atoms with Crippen LogP contribution in [-0.4, -0.2) is 46.8 Å². The summed E-state index contributed by atoms with van der Waals surface area (Å²) in [6, 6.07) is 10.2. The molecule has 0 unspecified atom stereocenters. The van der Waals surface area contributed by atoms with Crippen molar-refractivity contribution in [2.24, 2.45) is 0 Å². The Balaban J connectivity index is 1.72. The molecule has 0 saturated carbocycles. The van der Waals surface area contributed by atoms with Gasteiger partial charge in [0.05, 0.1) is 22.8 Å². The first kappa shape index (κ1) is 17.5. The fourth-order valence-corrected chi connectivity index (χ4v) is 3.58. The summed E-state index contributed by atoms with van der Waals surface area (Å²) in [5.41, 5.74) is 4.51. The van der Waals surface area contributed by atoms with Crippen LogP contribution in [-0.2, 0) is 4.79 Å². The van der Waals surface area contributed by atoms with E-state index in [4.69, 9.17) is 5.10 Å². The van der Waals surface area contributed by atoms with Crippen LogP contribution in [0.3, 0.4) is 0 Å². The van der Waals surface area contributed by atoms with Gasteiger partial charge in [-0.3, -0.25) is 4.79 Å². The average molecular weight is 340 g/mol. The highest BCUT2D eigenvalue weighted by Gasteiger charge is 2.25. The van der Waals surface area contributed by atoms with Gasteiger partial charge in [-0.25, -0.2) is 4.68 Å². The largest absolute Gasteiger partial charge is 0.365 e. The lowest BCUT2D eigenvalue weighted by Gasteiger charge is -2.36. The number of anilines is 1. The minimum Gasteiger partial charge on any atom is -0.365 e. The highest BCUT2D eigenvalue weighted by Crippen LogP contribution is 2.27. The Morgan fingerprint density at radius 3 is 2.40 bits per heavy atom. The number of aryl methyl sites for hydroxylation is 1. The molecular formula is C20H28N4O. The van der Waals surface area contributed by atoms with Crippen molar-refractivity contribution in [3.05, 3.63) is 41.7 Å². The van der Waals surface area contributed by atoms with Gasteiger partial charge in [0.25, 0.3) is 0 Å². The number of amides is 1. The summed E-state index contributed by atoms with van der Waals surface area (Å²) in [5.74, 6) is 0.301. The molecule has 1 saturated heterocycles. The fourth-order valence-electron chi connectivity index (χ4n) is 3.58. The van der Waals surface area contributed by atoms with Crippen molar-refractivity contribution in [3.63, 3.8) is 0 Å². The maximum atomic E-state index is 12.2. The number of piperazine rings is 1. The Hall–Kier alpha value is -2.30. The quantitative estimate of drug-likeness (QED) is 0.838. The Morgan fingerprint density at radius 1 is 1.08 bits per heavy atom. The van der Waals surface area contributed by atoms with Crippen molar-refractivity contribution in [2.75, 3.05) is 31.1 Å². The Morgan fingerprint density at radius 2 is 1.76 bits per heavy atom. The topological polar surface area (TPSA) is 41.4 Å². The molecule has 1 aliphatic rings. The van der Waals surface area contributed by atoms with Crippen LogP contribution >= 0.6 is 0 Å². The third-order valence-corrected chi connectivity index (χ3v) is 4.95. The molecule has 1 aromatic heterocycles. The van der Waals surface area contributed by atoms with Crippen molar-refractivity contribution in [1.82, 2.24) is 14.7 Å². The minimum absolute atomic E-state index is 0.301. The number of benzene rings is 1. The second-order valence-electron chi connectivity index (χ2n) is 6.74. The Kier molecular flexibility index (Phi) is 5.41. The lowest BCUT2D eigenvalue weighted by atomic mass is 10.2. The summed E-state index contributed by atoms with van der Waals surface area (Å²) in [5, 5.41) is 4.74. The molecule has 5 heteroatoms. The van der Waals surface area contributed by atoms with E-state index < -0.39 is 0 Å². The van der Waals surface area contributed by atoms with E-state index in [-0.39, 0.29) is 0 Å². The van der Waals surface area contributed by atoms with Crippen molar-refractivity contribution >= 4 is 11.6 Å². The van der Waals surface area contributed by atoms with E-state index in [1.807, 2.05) is 27.8 Å². The first-order valence-electron chi connectivity index (χ1n) is 9.26. The lowest BCUT2D eigenvalue weighted by Crippen LogP contribution is -2.49. The number of hydrogen-bond donors (Lipinski definition) is 0. The molecule has 1 aromatic carbocycles. The number of carbonyl (C=O) groups is 1. The van der Waals surface area contributed by atoms with Crippen LogP contribution < -0.4 is 4.90 Å². The first-order chi connectivity index (χ1) is 12.1. The molecule has 25 heavy (non-hydrogen) atoms. The molecule has 5 nitrogen and oxygen atoms in total. The van der Waals surface area contributed by atoms with Gasteiger partial charge in [-0.1, -0.05) is 31.5 Å². The van der Waals surface area contributed by atoms with Crippen molar-refractivity contribution in [2.45, 2.75) is 40.0 Å². The third-order valence-electron chi connectivity index (χ3n) is 4.95. The van der Waals surface area contributed by atoms with Crippen LogP contribution in [0.1, 0.15) is 37.6 Å². The number of aromatic nitrogens is 2. The molecule has 1 fully saturated rings. The van der Waals surface area contributed by atoms with Crippen LogP contribution in [0.15, 0.2) is 30.3 Å². The standard InChI is InChI=1S/C20H28N4O/c1-4-5-11-19(25)22-12-14-23(15-13-22)20-16(2)21-24(17(20)3)18-9-7-6-8-10-18/h6-10H,4-5,11-15H2,1-3H3. The zero-order chi connectivity index (χ0) is 17.8. The fraction of sp³-hybridized carbons (Fsp3) is 0.500. The SMILES string of the molecule is CCCCC(=O)N1CCN(c2c(C)nn(-c3ccccc3)c2C)CC1. The van der Waals surface area contributed by atoms with Crippen LogP contribution in [0.25, 0.3) is 5.69 Å². The second kappa shape index (κ2) is 7.72. The molecule has 2 aromatic rings. The Bertz CT molecular complexity index is 715. The number of hydrogen-bond acceptors (Lipinski definition) is 3. The third kappa shape index (κ3) is 3.70. The van der Waals surface area contributed by atoms with Crippen LogP contribution in [0.4, 0.5) is 5.69 Å². The number of nitrogens with zero attached hydrogens (tertiary/aromatic N) is 4. The Labute approximate surface area is 150 Å². The van der Waals surface area contributed by atoms with Gasteiger partial charge in [0.15, 0.2) is 0 Å². The number of unbranched alkanes of at least 4 members (excludes halogenated alkanes) is 1. The van der Waals surface area contributed by atoms with Gasteiger partial charge in [0.2, 0.25) is 5.91 Å². The lowest BCUT2D eigenvalue weighted by molar-refractivity contribution is -0.131. The van der Waals surface area contributed by atoms with E-state index in [1.165, 1.54) is 5.69 Å². The van der Waals surface area contributed by atoms with Gasteiger partial charge in [-0.05, 0) is 32.4 Å². The summed E-state index contributed by atoms with van der Waals surface area (Å²) in [6.45, 7) is 9.68. The summed E-state index contributed by atoms with van der Waals surface area (Å²) >= 11 is 0. The van der Waals surface area contributed by atoms with E-state index >= 15 is 0 Å². The van der Waals surface area contributed by atoms with E-state index in [2.05, 4.69) is 37.8 Å². The number of para-hydroxylation sites is 1. The van der Waals surface area contributed by atoms with E-state index in [0.29, 0.717) is 12.3 Å². The molecule has 0 spiro atoms. The highest BCUT2D eigenvalue weighted by molar-refractivity contribution is 5.76. The maximum Gasteiger partial charge on any atom is 0.222 e. The van der Waals surface area contributed by atoms with E-state index in [1.54, 1.807) is 0 Å². The van der Waals surface area contributed by atoms with E-state index in [9.17, 15) is 4.79 Å². The summed E-state index contributed by atoms with van der Waals surface area (Å²) < 4.78 is 2.02. The van der Waals surface area contributed by atoms with Gasteiger partial charge in [-0.2, -0.15) is 5.10 Å². The molecule has 0 radical (unpaired) electrons. The van der Waals surface area contributed by atoms with Crippen molar-refractivity contribution in [1.29, 1.82) is 0 Å². The van der Waals surface area contributed by atoms with Crippen LogP contribution in [0.2, 0.25) is 0 Å². The summed E-state index contributed by atoms with van der Waals surface area (Å²) in [4.78, 5) is 16.6. The highest BCUT2D eigenvalue weighted by atomic mass is 16.2. The second-order valence-corrected chi connectivity index (χ2v) is 6.74. The van der Waals surface area contributed by atoms with Gasteiger partial charge in [0, 0.05) is 32.6 Å². The van der Waals surface area contributed by atoms with Crippen molar-refractivity contribution < 1.29 is 4.79 Å². The zero-order valence-corrected chi connectivity index (χ0v) is 15.5. The monoisotopic (exact) mass is 340 g/mol. The van der Waals surface area contributed by atoms with Gasteiger partial charge >= 0.3 is 0 Å². The van der Waals surface area contributed by atoms with Gasteiger partial charge in [0.1, 0.15) is 0 Å². The normalized spacial score (nSPS) is 14.8. The smallest absolute Gasteiger partial charge is 0.222 e. The summed E-state index contributed by atoms with van der Waals surface area (Å²) in [7, 11) is 0. The molecule has 0 N–H and O–H groups in total. The minimum atomic E-state index is 0.301. The first-order valence-corrected chi connectivity index (χ1v) is 9.26. The molecule has 0 atom stereocenters. The molecule has 0 bridgehead atoms. The predicted octanol–water partition coefficient (Wildman–Crippen LogP) is 3.33. The average Bonchev–Trinajstić information content (AvgIpc) is 2.95. The van der Waals surface area contributed by atoms with Gasteiger partial charge < -0.3 is 9.80 Å². The molecule has 3 rings (SSSR count). The summed E-state index contributed by atoms with van der Waals surface area (Å²) in [6.07, 6.45) is 2.74. The number of rotatable bonds is 5. The molecule has 0 aliphatic carbocycles. The van der Waals surface area contributed by atoms with Crippen molar-refractivity contribution in [3.8, 4) is 5.69 Å². The van der Waals surface area contributed by atoms with Gasteiger partial charge in [-0.15, -0.1) is 0 Å². The zero-order valence-electron chi connectivity index (χ0n) is 15.5.